The number of hydrogen-bond acceptors (Lipinski definition) is 8. The van der Waals surface area contributed by atoms with Crippen LogP contribution in [0.5, 0.6) is 23.0 Å². The fraction of sp³-hybridized carbons (Fsp3) is 0.343. The number of aryl methyl sites for hydroxylation is 4. The maximum Gasteiger partial charge on any atom is 0.343 e. The predicted octanol–water partition coefficient (Wildman–Crippen LogP) is 18.7. The number of esters is 4. The van der Waals surface area contributed by atoms with Gasteiger partial charge in [0.1, 0.15) is 23.0 Å². The van der Waals surface area contributed by atoms with E-state index in [1.165, 1.54) is 145 Å². The van der Waals surface area contributed by atoms with Gasteiger partial charge < -0.3 is 18.9 Å². The highest BCUT2D eigenvalue weighted by atomic mass is 16.6. The normalized spacial score (nSPS) is 11.0. The van der Waals surface area contributed by atoms with Gasteiger partial charge in [0.05, 0.1) is 22.3 Å². The standard InChI is InChI=1S/C70H78O8/c1-5-7-9-11-13-15-17-19-21-24-53-28-32-55(33-29-53)57-36-40-59(41-37-57)67(71)77-65-46-44-61(48-51(65)3)69(73)75-63-26-23-27-64(50-63)76-70(74)62-45-47-66(52(4)49-62)78-68(72)60-42-38-58(39-43-60)56-34-30-54(31-35-56)25-22-20-18-16-14-12-10-8-6-2/h23,26-50H,5-22,24-25H2,1-4H3. The lowest BCUT2D eigenvalue weighted by molar-refractivity contribution is 0.0722. The number of rotatable bonds is 30. The summed E-state index contributed by atoms with van der Waals surface area (Å²) < 4.78 is 22.8. The Balaban J connectivity index is 0.831. The van der Waals surface area contributed by atoms with Crippen LogP contribution in [0.15, 0.2) is 158 Å². The van der Waals surface area contributed by atoms with Crippen molar-refractivity contribution in [3.05, 3.63) is 202 Å². The summed E-state index contributed by atoms with van der Waals surface area (Å²) in [5, 5.41) is 0. The van der Waals surface area contributed by atoms with Gasteiger partial charge in [0.2, 0.25) is 0 Å². The molecule has 0 heterocycles. The first-order valence-corrected chi connectivity index (χ1v) is 28.7. The summed E-state index contributed by atoms with van der Waals surface area (Å²) in [5.74, 6) is -1.35. The van der Waals surface area contributed by atoms with E-state index in [1.54, 1.807) is 80.6 Å². The molecule has 7 aromatic rings. The van der Waals surface area contributed by atoms with Crippen molar-refractivity contribution in [2.45, 2.75) is 156 Å². The molecule has 0 aromatic heterocycles. The lowest BCUT2D eigenvalue weighted by Crippen LogP contribution is -2.12. The van der Waals surface area contributed by atoms with Gasteiger partial charge in [-0.05, 0) is 157 Å². The third-order valence-corrected chi connectivity index (χ3v) is 14.4. The van der Waals surface area contributed by atoms with Crippen LogP contribution in [0.2, 0.25) is 0 Å². The molecule has 0 unspecified atom stereocenters. The van der Waals surface area contributed by atoms with Crippen molar-refractivity contribution >= 4 is 23.9 Å². The Labute approximate surface area is 463 Å². The van der Waals surface area contributed by atoms with E-state index in [9.17, 15) is 19.2 Å². The molecular weight excluding hydrogens is 969 g/mol. The summed E-state index contributed by atoms with van der Waals surface area (Å²) in [7, 11) is 0. The Kier molecular flexibility index (Phi) is 23.1. The predicted molar refractivity (Wildman–Crippen MR) is 314 cm³/mol. The molecule has 406 valence electrons. The molecule has 0 spiro atoms. The molecule has 8 nitrogen and oxygen atoms in total. The average molecular weight is 1050 g/mol. The van der Waals surface area contributed by atoms with Crippen LogP contribution in [-0.4, -0.2) is 23.9 Å². The topological polar surface area (TPSA) is 105 Å². The number of carbonyl (C=O) groups is 4. The largest absolute Gasteiger partial charge is 0.423 e. The third-order valence-electron chi connectivity index (χ3n) is 14.4. The van der Waals surface area contributed by atoms with Crippen LogP contribution >= 0.6 is 0 Å². The van der Waals surface area contributed by atoms with Gasteiger partial charge in [0, 0.05) is 6.07 Å². The first kappa shape index (κ1) is 58.1. The van der Waals surface area contributed by atoms with Crippen LogP contribution in [0.1, 0.15) is 193 Å². The van der Waals surface area contributed by atoms with Crippen molar-refractivity contribution in [2.24, 2.45) is 0 Å². The van der Waals surface area contributed by atoms with Gasteiger partial charge in [-0.1, -0.05) is 195 Å². The van der Waals surface area contributed by atoms with Crippen molar-refractivity contribution in [2.75, 3.05) is 0 Å². The van der Waals surface area contributed by atoms with Crippen LogP contribution in [0.25, 0.3) is 22.3 Å². The zero-order valence-corrected chi connectivity index (χ0v) is 46.4. The van der Waals surface area contributed by atoms with Crippen LogP contribution in [0, 0.1) is 13.8 Å². The quantitative estimate of drug-likeness (QED) is 0.0249. The molecule has 0 atom stereocenters. The molecule has 0 aliphatic rings. The summed E-state index contributed by atoms with van der Waals surface area (Å²) in [4.78, 5) is 52.9. The molecule has 0 saturated carbocycles. The van der Waals surface area contributed by atoms with Gasteiger partial charge >= 0.3 is 23.9 Å². The summed E-state index contributed by atoms with van der Waals surface area (Å²) in [6, 6.07) is 47.7. The minimum absolute atomic E-state index is 0.163. The van der Waals surface area contributed by atoms with E-state index < -0.39 is 23.9 Å². The lowest BCUT2D eigenvalue weighted by atomic mass is 10.00. The van der Waals surface area contributed by atoms with Gasteiger partial charge in [-0.2, -0.15) is 0 Å². The maximum absolute atomic E-state index is 13.3. The van der Waals surface area contributed by atoms with E-state index >= 15 is 0 Å². The first-order chi connectivity index (χ1) is 38.1. The molecule has 7 aromatic carbocycles. The SMILES string of the molecule is CCCCCCCCCCCc1ccc(-c2ccc(C(=O)Oc3ccc(C(=O)Oc4cccc(OC(=O)c5ccc(OC(=O)c6ccc(-c7ccc(CCCCCCCCCCC)cc7)cc6)c(C)c5)c4)cc3C)cc2)cc1. The second-order valence-electron chi connectivity index (χ2n) is 20.7. The zero-order chi connectivity index (χ0) is 54.9. The van der Waals surface area contributed by atoms with Gasteiger partial charge in [-0.3, -0.25) is 0 Å². The van der Waals surface area contributed by atoms with Crippen LogP contribution in [0.3, 0.4) is 0 Å². The Bertz CT molecular complexity index is 2810. The molecular formula is C70H78O8. The Morgan fingerprint density at radius 3 is 0.936 bits per heavy atom. The van der Waals surface area contributed by atoms with Crippen molar-refractivity contribution in [3.63, 3.8) is 0 Å². The molecule has 0 saturated heterocycles. The van der Waals surface area contributed by atoms with Crippen molar-refractivity contribution in [1.82, 2.24) is 0 Å². The molecule has 8 heteroatoms. The molecule has 0 aliphatic heterocycles. The third kappa shape index (κ3) is 18.3. The van der Waals surface area contributed by atoms with Gasteiger partial charge in [0.25, 0.3) is 0 Å². The molecule has 7 rings (SSSR count). The molecule has 0 aliphatic carbocycles. The summed E-state index contributed by atoms with van der Waals surface area (Å²) in [6.07, 6.45) is 25.9. The number of unbranched alkanes of at least 4 members (excludes halogenated alkanes) is 16. The highest BCUT2D eigenvalue weighted by Gasteiger charge is 2.18. The first-order valence-electron chi connectivity index (χ1n) is 28.7. The molecule has 0 amide bonds. The van der Waals surface area contributed by atoms with Crippen molar-refractivity contribution in [3.8, 4) is 45.3 Å². The second kappa shape index (κ2) is 31.0. The molecule has 0 bridgehead atoms. The number of ether oxygens (including phenoxy) is 4. The van der Waals surface area contributed by atoms with E-state index in [0.717, 1.165) is 35.1 Å². The Morgan fingerprint density at radius 1 is 0.308 bits per heavy atom. The fourth-order valence-corrected chi connectivity index (χ4v) is 9.64. The smallest absolute Gasteiger partial charge is 0.343 e. The lowest BCUT2D eigenvalue weighted by Gasteiger charge is -2.11. The number of benzene rings is 7. The second-order valence-corrected chi connectivity index (χ2v) is 20.7. The molecule has 0 radical (unpaired) electrons. The Morgan fingerprint density at radius 2 is 0.603 bits per heavy atom. The zero-order valence-electron chi connectivity index (χ0n) is 46.4. The van der Waals surface area contributed by atoms with E-state index in [0.29, 0.717) is 33.8 Å². The summed E-state index contributed by atoms with van der Waals surface area (Å²) in [5.41, 5.74) is 9.33. The highest BCUT2D eigenvalue weighted by molar-refractivity contribution is 5.95. The minimum atomic E-state index is -0.646. The van der Waals surface area contributed by atoms with Crippen LogP contribution in [0.4, 0.5) is 0 Å². The summed E-state index contributed by atoms with van der Waals surface area (Å²) >= 11 is 0. The summed E-state index contributed by atoms with van der Waals surface area (Å²) in [6.45, 7) is 8.01. The van der Waals surface area contributed by atoms with E-state index in [1.807, 2.05) is 24.3 Å². The van der Waals surface area contributed by atoms with Gasteiger partial charge in [0.15, 0.2) is 0 Å². The van der Waals surface area contributed by atoms with E-state index in [-0.39, 0.29) is 22.6 Å². The van der Waals surface area contributed by atoms with Crippen molar-refractivity contribution in [1.29, 1.82) is 0 Å². The minimum Gasteiger partial charge on any atom is -0.423 e. The van der Waals surface area contributed by atoms with Crippen molar-refractivity contribution < 1.29 is 38.1 Å². The number of carbonyl (C=O) groups excluding carboxylic acids is 4. The molecule has 78 heavy (non-hydrogen) atoms. The Hall–Kier alpha value is -7.58. The number of hydrogen-bond donors (Lipinski definition) is 0. The van der Waals surface area contributed by atoms with E-state index in [2.05, 4.69) is 62.4 Å². The van der Waals surface area contributed by atoms with Gasteiger partial charge in [-0.15, -0.1) is 0 Å². The maximum atomic E-state index is 13.3. The van der Waals surface area contributed by atoms with Crippen LogP contribution in [-0.2, 0) is 12.8 Å². The average Bonchev–Trinajstić information content (AvgIpc) is 3.45. The van der Waals surface area contributed by atoms with E-state index in [4.69, 9.17) is 18.9 Å². The van der Waals surface area contributed by atoms with Crippen LogP contribution < -0.4 is 18.9 Å². The highest BCUT2D eigenvalue weighted by Crippen LogP contribution is 2.29. The fourth-order valence-electron chi connectivity index (χ4n) is 9.64. The van der Waals surface area contributed by atoms with Gasteiger partial charge in [-0.25, -0.2) is 19.2 Å². The molecule has 0 N–H and O–H groups in total. The molecule has 0 fully saturated rings. The monoisotopic (exact) mass is 1050 g/mol.